The second-order valence-corrected chi connectivity index (χ2v) is 7.43. The summed E-state index contributed by atoms with van der Waals surface area (Å²) in [6.45, 7) is 1.59. The first-order chi connectivity index (χ1) is 15.5. The number of rotatable bonds is 6. The number of carbonyl (C=O) groups is 1. The number of amides is 1. The van der Waals surface area contributed by atoms with Crippen LogP contribution in [0.4, 0.5) is 5.69 Å². The fourth-order valence-corrected chi connectivity index (χ4v) is 3.46. The van der Waals surface area contributed by atoms with Crippen LogP contribution in [0.3, 0.4) is 0 Å². The van der Waals surface area contributed by atoms with Gasteiger partial charge in [-0.15, -0.1) is 0 Å². The van der Waals surface area contributed by atoms with E-state index in [4.69, 9.17) is 21.1 Å². The highest BCUT2D eigenvalue weighted by Gasteiger charge is 2.14. The van der Waals surface area contributed by atoms with E-state index in [1.807, 2.05) is 6.07 Å². The number of methoxy groups -OCH3 is 1. The molecule has 0 unspecified atom stereocenters. The van der Waals surface area contributed by atoms with E-state index in [1.165, 1.54) is 11.7 Å². The molecule has 0 fully saturated rings. The molecule has 4 aromatic rings. The zero-order valence-electron chi connectivity index (χ0n) is 17.5. The van der Waals surface area contributed by atoms with E-state index in [-0.39, 0.29) is 18.1 Å². The summed E-state index contributed by atoms with van der Waals surface area (Å²) in [5.74, 6) is 1.13. The lowest BCUT2D eigenvalue weighted by molar-refractivity contribution is -0.118. The predicted molar refractivity (Wildman–Crippen MR) is 124 cm³/mol. The van der Waals surface area contributed by atoms with Gasteiger partial charge in [-0.05, 0) is 55.5 Å². The van der Waals surface area contributed by atoms with Gasteiger partial charge < -0.3 is 14.8 Å². The molecule has 0 saturated heterocycles. The van der Waals surface area contributed by atoms with Crippen molar-refractivity contribution in [1.29, 1.82) is 0 Å². The van der Waals surface area contributed by atoms with Crippen molar-refractivity contribution in [2.45, 2.75) is 6.92 Å². The molecule has 0 aliphatic rings. The SMILES string of the molecule is COc1cc(-n2c(C)nc3ccccc3c2=O)ccc1NC(=O)COc1ccc(Cl)cc1. The second-order valence-electron chi connectivity index (χ2n) is 6.99. The summed E-state index contributed by atoms with van der Waals surface area (Å²) in [6, 6.07) is 19.0. The van der Waals surface area contributed by atoms with Gasteiger partial charge in [-0.25, -0.2) is 4.98 Å². The quantitative estimate of drug-likeness (QED) is 0.472. The van der Waals surface area contributed by atoms with Crippen LogP contribution in [-0.4, -0.2) is 29.2 Å². The first-order valence-corrected chi connectivity index (χ1v) is 10.2. The normalized spacial score (nSPS) is 10.7. The topological polar surface area (TPSA) is 82.5 Å². The summed E-state index contributed by atoms with van der Waals surface area (Å²) < 4.78 is 12.4. The lowest BCUT2D eigenvalue weighted by atomic mass is 10.2. The van der Waals surface area contributed by atoms with E-state index in [0.717, 1.165) is 0 Å². The summed E-state index contributed by atoms with van der Waals surface area (Å²) in [6.07, 6.45) is 0. The Morgan fingerprint density at radius 3 is 2.59 bits per heavy atom. The van der Waals surface area contributed by atoms with Gasteiger partial charge in [0.2, 0.25) is 0 Å². The molecule has 0 radical (unpaired) electrons. The van der Waals surface area contributed by atoms with Crippen molar-refractivity contribution < 1.29 is 14.3 Å². The van der Waals surface area contributed by atoms with E-state index < -0.39 is 0 Å². The van der Waals surface area contributed by atoms with Gasteiger partial charge in [0, 0.05) is 11.1 Å². The van der Waals surface area contributed by atoms with Crippen molar-refractivity contribution in [3.63, 3.8) is 0 Å². The maximum Gasteiger partial charge on any atom is 0.265 e. The largest absolute Gasteiger partial charge is 0.494 e. The Morgan fingerprint density at radius 2 is 1.84 bits per heavy atom. The molecule has 0 aliphatic carbocycles. The fourth-order valence-electron chi connectivity index (χ4n) is 3.34. The van der Waals surface area contributed by atoms with Gasteiger partial charge in [0.15, 0.2) is 6.61 Å². The molecule has 162 valence electrons. The zero-order chi connectivity index (χ0) is 22.7. The third-order valence-corrected chi connectivity index (χ3v) is 5.10. The van der Waals surface area contributed by atoms with E-state index >= 15 is 0 Å². The van der Waals surface area contributed by atoms with Crippen LogP contribution in [0, 0.1) is 6.92 Å². The maximum atomic E-state index is 13.0. The molecular weight excluding hydrogens is 430 g/mol. The first kappa shape index (κ1) is 21.4. The minimum absolute atomic E-state index is 0.177. The molecule has 1 N–H and O–H groups in total. The molecule has 0 saturated carbocycles. The highest BCUT2D eigenvalue weighted by Crippen LogP contribution is 2.27. The molecule has 3 aromatic carbocycles. The van der Waals surface area contributed by atoms with Crippen molar-refractivity contribution in [2.24, 2.45) is 0 Å². The Balaban J connectivity index is 1.57. The number of hydrogen-bond donors (Lipinski definition) is 1. The van der Waals surface area contributed by atoms with Gasteiger partial charge in [0.1, 0.15) is 17.3 Å². The molecule has 1 amide bonds. The third kappa shape index (κ3) is 4.43. The first-order valence-electron chi connectivity index (χ1n) is 9.81. The molecule has 0 spiro atoms. The van der Waals surface area contributed by atoms with Crippen LogP contribution in [0.15, 0.2) is 71.5 Å². The Bertz CT molecular complexity index is 1350. The summed E-state index contributed by atoms with van der Waals surface area (Å²) in [7, 11) is 1.49. The number of nitrogens with one attached hydrogen (secondary N) is 1. The van der Waals surface area contributed by atoms with E-state index in [1.54, 1.807) is 67.6 Å². The van der Waals surface area contributed by atoms with Crippen molar-refractivity contribution in [3.05, 3.63) is 87.9 Å². The summed E-state index contributed by atoms with van der Waals surface area (Å²) in [5.41, 5.74) is 1.50. The number of benzene rings is 3. The maximum absolute atomic E-state index is 13.0. The monoisotopic (exact) mass is 449 g/mol. The highest BCUT2D eigenvalue weighted by molar-refractivity contribution is 6.30. The molecule has 0 atom stereocenters. The van der Waals surface area contributed by atoms with E-state index in [2.05, 4.69) is 10.3 Å². The Labute approximate surface area is 189 Å². The molecule has 1 aromatic heterocycles. The van der Waals surface area contributed by atoms with Gasteiger partial charge in [-0.1, -0.05) is 23.7 Å². The molecule has 7 nitrogen and oxygen atoms in total. The minimum Gasteiger partial charge on any atom is -0.494 e. The molecule has 8 heteroatoms. The number of fused-ring (bicyclic) bond motifs is 1. The van der Waals surface area contributed by atoms with Crippen molar-refractivity contribution in [1.82, 2.24) is 9.55 Å². The van der Waals surface area contributed by atoms with Gasteiger partial charge in [-0.2, -0.15) is 0 Å². The molecule has 0 bridgehead atoms. The summed E-state index contributed by atoms with van der Waals surface area (Å²) in [5, 5.41) is 3.87. The number of hydrogen-bond acceptors (Lipinski definition) is 5. The average Bonchev–Trinajstić information content (AvgIpc) is 2.79. The van der Waals surface area contributed by atoms with Crippen LogP contribution in [0.2, 0.25) is 5.02 Å². The molecule has 1 heterocycles. The lowest BCUT2D eigenvalue weighted by Gasteiger charge is -2.15. The summed E-state index contributed by atoms with van der Waals surface area (Å²) in [4.78, 5) is 29.9. The third-order valence-electron chi connectivity index (χ3n) is 4.84. The number of aryl methyl sites for hydroxylation is 1. The number of para-hydroxylation sites is 1. The van der Waals surface area contributed by atoms with Crippen molar-refractivity contribution in [2.75, 3.05) is 19.0 Å². The lowest BCUT2D eigenvalue weighted by Crippen LogP contribution is -2.23. The smallest absolute Gasteiger partial charge is 0.265 e. The van der Waals surface area contributed by atoms with Gasteiger partial charge in [-0.3, -0.25) is 14.2 Å². The highest BCUT2D eigenvalue weighted by atomic mass is 35.5. The molecule has 32 heavy (non-hydrogen) atoms. The minimum atomic E-state index is -0.355. The second kappa shape index (κ2) is 9.11. The Kier molecular flexibility index (Phi) is 6.09. The number of aromatic nitrogens is 2. The van der Waals surface area contributed by atoms with Crippen molar-refractivity contribution in [3.8, 4) is 17.2 Å². The van der Waals surface area contributed by atoms with Crippen LogP contribution in [-0.2, 0) is 4.79 Å². The number of carbonyl (C=O) groups excluding carboxylic acids is 1. The van der Waals surface area contributed by atoms with Crippen LogP contribution in [0.5, 0.6) is 11.5 Å². The Morgan fingerprint density at radius 1 is 1.09 bits per heavy atom. The number of anilines is 1. The summed E-state index contributed by atoms with van der Waals surface area (Å²) >= 11 is 5.85. The van der Waals surface area contributed by atoms with Crippen LogP contribution in [0.1, 0.15) is 5.82 Å². The van der Waals surface area contributed by atoms with Gasteiger partial charge in [0.05, 0.1) is 29.4 Å². The molecular formula is C24H20ClN3O4. The van der Waals surface area contributed by atoms with Crippen LogP contribution >= 0.6 is 11.6 Å². The molecule has 0 aliphatic heterocycles. The van der Waals surface area contributed by atoms with Crippen LogP contribution < -0.4 is 20.3 Å². The number of nitrogens with zero attached hydrogens (tertiary/aromatic N) is 2. The predicted octanol–water partition coefficient (Wildman–Crippen LogP) is 4.37. The molecule has 4 rings (SSSR count). The van der Waals surface area contributed by atoms with E-state index in [9.17, 15) is 9.59 Å². The Hall–Kier alpha value is -3.84. The number of halogens is 1. The van der Waals surface area contributed by atoms with Gasteiger partial charge >= 0.3 is 0 Å². The van der Waals surface area contributed by atoms with Gasteiger partial charge in [0.25, 0.3) is 11.5 Å². The van der Waals surface area contributed by atoms with E-state index in [0.29, 0.717) is 44.6 Å². The standard InChI is InChI=1S/C24H20ClN3O4/c1-15-26-20-6-4-3-5-19(20)24(30)28(15)17-9-12-21(22(13-17)31-2)27-23(29)14-32-18-10-7-16(25)8-11-18/h3-13H,14H2,1-2H3,(H,27,29). The number of ether oxygens (including phenoxy) is 2. The zero-order valence-corrected chi connectivity index (χ0v) is 18.2. The van der Waals surface area contributed by atoms with Crippen molar-refractivity contribution >= 4 is 34.1 Å². The van der Waals surface area contributed by atoms with Crippen LogP contribution in [0.25, 0.3) is 16.6 Å². The fraction of sp³-hybridized carbons (Fsp3) is 0.125. The average molecular weight is 450 g/mol.